The van der Waals surface area contributed by atoms with Gasteiger partial charge in [-0.1, -0.05) is 54.6 Å². The van der Waals surface area contributed by atoms with Gasteiger partial charge in [0.05, 0.1) is 8.71 Å². The zero-order valence-corrected chi connectivity index (χ0v) is 18.6. The van der Waals surface area contributed by atoms with Crippen LogP contribution in [0.5, 0.6) is 0 Å². The van der Waals surface area contributed by atoms with Gasteiger partial charge in [0.2, 0.25) is 0 Å². The second kappa shape index (κ2) is 8.84. The first-order chi connectivity index (χ1) is 14.9. The molecule has 0 bridgehead atoms. The molecule has 0 spiro atoms. The van der Waals surface area contributed by atoms with Gasteiger partial charge in [-0.3, -0.25) is 0 Å². The van der Waals surface area contributed by atoms with Gasteiger partial charge in [-0.15, -0.1) is 34.0 Å². The minimum atomic E-state index is 1.17. The fraction of sp³-hybridized carbons (Fsp3) is 0. The Morgan fingerprint density at radius 2 is 1.00 bits per heavy atom. The molecule has 1 nitrogen and oxygen atoms in total. The highest BCUT2D eigenvalue weighted by molar-refractivity contribution is 7.43. The maximum Gasteiger partial charge on any atom is 0.0885 e. The summed E-state index contributed by atoms with van der Waals surface area (Å²) in [5.74, 6) is 0. The summed E-state index contributed by atoms with van der Waals surface area (Å²) in [6.45, 7) is 0. The van der Waals surface area contributed by atoms with Crippen molar-refractivity contribution < 1.29 is 0 Å². The molecular formula is C26H19NS3. The minimum absolute atomic E-state index is 1.17. The maximum atomic E-state index is 2.25. The van der Waals surface area contributed by atoms with Crippen LogP contribution in [-0.4, -0.2) is 0 Å². The van der Waals surface area contributed by atoms with E-state index in [4.69, 9.17) is 0 Å². The van der Waals surface area contributed by atoms with Gasteiger partial charge >= 0.3 is 0 Å². The summed E-state index contributed by atoms with van der Waals surface area (Å²) in [7, 11) is 0. The lowest BCUT2D eigenvalue weighted by molar-refractivity contribution is 1.28. The fourth-order valence-electron chi connectivity index (χ4n) is 3.40. The molecule has 0 radical (unpaired) electrons. The monoisotopic (exact) mass is 441 g/mol. The molecule has 3 heterocycles. The zero-order chi connectivity index (χ0) is 20.2. The second-order valence-electron chi connectivity index (χ2n) is 6.68. The molecule has 30 heavy (non-hydrogen) atoms. The summed E-state index contributed by atoms with van der Waals surface area (Å²) in [6.07, 6.45) is 0. The predicted octanol–water partition coefficient (Wildman–Crippen LogP) is 9.33. The number of fused-ring (bicyclic) bond motifs is 3. The third-order valence-corrected chi connectivity index (χ3v) is 8.04. The first-order valence-electron chi connectivity index (χ1n) is 9.68. The molecule has 0 aliphatic rings. The van der Waals surface area contributed by atoms with Gasteiger partial charge in [0.15, 0.2) is 0 Å². The highest BCUT2D eigenvalue weighted by Crippen LogP contribution is 2.40. The Labute approximate surface area is 188 Å². The van der Waals surface area contributed by atoms with Gasteiger partial charge in [-0.05, 0) is 59.3 Å². The van der Waals surface area contributed by atoms with E-state index in [2.05, 4.69) is 101 Å². The average Bonchev–Trinajstić information content (AvgIpc) is 3.51. The summed E-state index contributed by atoms with van der Waals surface area (Å²) in [4.78, 5) is 2.25. The van der Waals surface area contributed by atoms with Crippen LogP contribution in [0.25, 0.3) is 18.8 Å². The molecule has 0 fully saturated rings. The van der Waals surface area contributed by atoms with E-state index < -0.39 is 0 Å². The van der Waals surface area contributed by atoms with Crippen molar-refractivity contribution in [2.45, 2.75) is 0 Å². The Kier molecular flexibility index (Phi) is 5.62. The molecule has 0 saturated carbocycles. The Morgan fingerprint density at radius 1 is 0.500 bits per heavy atom. The first kappa shape index (κ1) is 19.1. The van der Waals surface area contributed by atoms with E-state index in [-0.39, 0.29) is 0 Å². The molecule has 146 valence electrons. The molecule has 0 saturated heterocycles. The number of thiophene rings is 3. The summed E-state index contributed by atoms with van der Waals surface area (Å²) >= 11 is 5.59. The Morgan fingerprint density at radius 3 is 1.53 bits per heavy atom. The van der Waals surface area contributed by atoms with Crippen LogP contribution in [0.2, 0.25) is 0 Å². The number of rotatable bonds is 3. The second-order valence-corrected chi connectivity index (χ2v) is 9.82. The normalized spacial score (nSPS) is 10.7. The third-order valence-electron chi connectivity index (χ3n) is 4.75. The summed E-state index contributed by atoms with van der Waals surface area (Å²) in [6, 6.07) is 35.7. The smallest absolute Gasteiger partial charge is 0.0885 e. The number of hydrogen-bond donors (Lipinski definition) is 0. The van der Waals surface area contributed by atoms with Crippen LogP contribution in [0.4, 0.5) is 17.1 Å². The van der Waals surface area contributed by atoms with Crippen LogP contribution in [0.1, 0.15) is 0 Å². The molecule has 0 unspecified atom stereocenters. The molecule has 6 rings (SSSR count). The number of hydrogen-bond acceptors (Lipinski definition) is 4. The van der Waals surface area contributed by atoms with Crippen LogP contribution < -0.4 is 4.90 Å². The number of nitrogens with zero attached hydrogens (tertiary/aromatic N) is 1. The largest absolute Gasteiger partial charge is 0.311 e. The molecule has 0 aliphatic heterocycles. The van der Waals surface area contributed by atoms with Crippen molar-refractivity contribution in [3.8, 4) is 0 Å². The van der Waals surface area contributed by atoms with Gasteiger partial charge < -0.3 is 4.90 Å². The predicted molar refractivity (Wildman–Crippen MR) is 136 cm³/mol. The number of para-hydroxylation sites is 3. The average molecular weight is 442 g/mol. The van der Waals surface area contributed by atoms with E-state index >= 15 is 0 Å². The number of benzene rings is 3. The standard InChI is InChI=1S/C18H15N.C8H4S3/c1-4-10-16(11-5-1)19(17-12-6-2-7-13-17)18-14-8-3-9-15-18;1-3-10-8-5(1)7-6(11-8)2-4-9-7/h1-15H;1-4H. The van der Waals surface area contributed by atoms with Crippen LogP contribution >= 0.6 is 34.0 Å². The molecule has 4 heteroatoms. The Bertz CT molecular complexity index is 1190. The maximum absolute atomic E-state index is 2.25. The number of anilines is 3. The van der Waals surface area contributed by atoms with E-state index in [0.29, 0.717) is 0 Å². The highest BCUT2D eigenvalue weighted by atomic mass is 32.2. The van der Waals surface area contributed by atoms with Crippen molar-refractivity contribution in [1.82, 2.24) is 0 Å². The molecule has 0 amide bonds. The van der Waals surface area contributed by atoms with E-state index in [1.807, 2.05) is 52.2 Å². The van der Waals surface area contributed by atoms with Gasteiger partial charge in [-0.25, -0.2) is 0 Å². The SMILES string of the molecule is c1cc2c(s1)sc1ccsc12.c1ccc(N(c2ccccc2)c2ccccc2)cc1. The van der Waals surface area contributed by atoms with Gasteiger partial charge in [0.1, 0.15) is 0 Å². The van der Waals surface area contributed by atoms with Crippen LogP contribution in [-0.2, 0) is 0 Å². The van der Waals surface area contributed by atoms with Crippen LogP contribution in [0.15, 0.2) is 114 Å². The Balaban J connectivity index is 0.000000147. The van der Waals surface area contributed by atoms with E-state index in [1.165, 1.54) is 35.9 Å². The lowest BCUT2D eigenvalue weighted by Crippen LogP contribution is -2.09. The van der Waals surface area contributed by atoms with Gasteiger partial charge in [-0.2, -0.15) is 0 Å². The van der Waals surface area contributed by atoms with E-state index in [1.54, 1.807) is 0 Å². The summed E-state index contributed by atoms with van der Waals surface area (Å²) < 4.78 is 4.37. The lowest BCUT2D eigenvalue weighted by Gasteiger charge is -2.25. The lowest BCUT2D eigenvalue weighted by atomic mass is 10.2. The van der Waals surface area contributed by atoms with Crippen molar-refractivity contribution in [2.75, 3.05) is 4.90 Å². The van der Waals surface area contributed by atoms with E-state index in [9.17, 15) is 0 Å². The molecule has 0 N–H and O–H groups in total. The highest BCUT2D eigenvalue weighted by Gasteiger charge is 2.10. The molecule has 0 aliphatic carbocycles. The molecule has 3 aromatic heterocycles. The third kappa shape index (κ3) is 3.90. The molecule has 0 atom stereocenters. The van der Waals surface area contributed by atoms with Crippen molar-refractivity contribution >= 4 is 69.9 Å². The van der Waals surface area contributed by atoms with E-state index in [0.717, 1.165) is 0 Å². The van der Waals surface area contributed by atoms with Crippen molar-refractivity contribution in [3.05, 3.63) is 114 Å². The quantitative estimate of drug-likeness (QED) is 0.264. The van der Waals surface area contributed by atoms with Crippen LogP contribution in [0.3, 0.4) is 0 Å². The summed E-state index contributed by atoms with van der Waals surface area (Å²) in [5.41, 5.74) is 3.50. The topological polar surface area (TPSA) is 3.24 Å². The van der Waals surface area contributed by atoms with Crippen molar-refractivity contribution in [1.29, 1.82) is 0 Å². The van der Waals surface area contributed by atoms with Crippen molar-refractivity contribution in [3.63, 3.8) is 0 Å². The molecule has 6 aromatic rings. The minimum Gasteiger partial charge on any atom is -0.311 e. The van der Waals surface area contributed by atoms with Gasteiger partial charge in [0.25, 0.3) is 0 Å². The van der Waals surface area contributed by atoms with Crippen LogP contribution in [0, 0.1) is 0 Å². The first-order valence-corrected chi connectivity index (χ1v) is 12.3. The zero-order valence-electron chi connectivity index (χ0n) is 16.1. The molecular weight excluding hydrogens is 422 g/mol. The molecule has 3 aromatic carbocycles. The Hall–Kier alpha value is -2.92. The summed E-state index contributed by atoms with van der Waals surface area (Å²) in [5, 5.41) is 5.78. The van der Waals surface area contributed by atoms with Crippen molar-refractivity contribution in [2.24, 2.45) is 0 Å². The van der Waals surface area contributed by atoms with Gasteiger partial charge in [0, 0.05) is 27.1 Å². The fourth-order valence-corrected chi connectivity index (χ4v) is 6.77.